The number of benzene rings is 2. The summed E-state index contributed by atoms with van der Waals surface area (Å²) in [6.45, 7) is 1.38. The Kier molecular flexibility index (Phi) is 8.62. The number of carbonyl (C=O) groups is 3. The highest BCUT2D eigenvalue weighted by atomic mass is 16.5. The third kappa shape index (κ3) is 6.07. The van der Waals surface area contributed by atoms with Gasteiger partial charge in [-0.05, 0) is 60.8 Å². The number of unbranched alkanes of at least 4 members (excludes halogenated alkanes) is 2. The first-order chi connectivity index (χ1) is 17.5. The lowest BCUT2D eigenvalue weighted by molar-refractivity contribution is -0.149. The number of hydrogen-bond donors (Lipinski definition) is 3. The lowest BCUT2D eigenvalue weighted by Gasteiger charge is -2.23. The Bertz CT molecular complexity index is 1030. The number of nitrogens with one attached hydrogen (secondary N) is 2. The van der Waals surface area contributed by atoms with Crippen LogP contribution in [-0.4, -0.2) is 42.8 Å². The van der Waals surface area contributed by atoms with E-state index in [1.807, 2.05) is 24.3 Å². The van der Waals surface area contributed by atoms with E-state index in [0.29, 0.717) is 39.0 Å². The smallest absolute Gasteiger partial charge is 0.407 e. The lowest BCUT2D eigenvalue weighted by Crippen LogP contribution is -2.31. The molecule has 3 N–H and O–H groups in total. The first-order valence-corrected chi connectivity index (χ1v) is 13.1. The minimum atomic E-state index is -0.767. The predicted octanol–water partition coefficient (Wildman–Crippen LogP) is 5.24. The van der Waals surface area contributed by atoms with Gasteiger partial charge >= 0.3 is 12.1 Å². The van der Waals surface area contributed by atoms with Gasteiger partial charge in [-0.15, -0.1) is 0 Å². The van der Waals surface area contributed by atoms with Crippen molar-refractivity contribution in [3.63, 3.8) is 0 Å². The molecular weight excluding hydrogens is 456 g/mol. The molecule has 2 amide bonds. The maximum Gasteiger partial charge on any atom is 0.407 e. The summed E-state index contributed by atoms with van der Waals surface area (Å²) >= 11 is 0. The second-order valence-electron chi connectivity index (χ2n) is 9.96. The molecule has 2 aliphatic rings. The second-order valence-corrected chi connectivity index (χ2v) is 9.96. The first kappa shape index (κ1) is 25.7. The van der Waals surface area contributed by atoms with E-state index in [1.54, 1.807) is 0 Å². The van der Waals surface area contributed by atoms with E-state index in [4.69, 9.17) is 4.74 Å². The van der Waals surface area contributed by atoms with Crippen LogP contribution in [0.15, 0.2) is 48.5 Å². The van der Waals surface area contributed by atoms with Crippen LogP contribution in [0.1, 0.15) is 74.8 Å². The third-order valence-corrected chi connectivity index (χ3v) is 7.63. The summed E-state index contributed by atoms with van der Waals surface area (Å²) < 4.78 is 5.54. The summed E-state index contributed by atoms with van der Waals surface area (Å²) in [6, 6.07) is 16.5. The average Bonchev–Trinajstić information content (AvgIpc) is 3.50. The van der Waals surface area contributed by atoms with Crippen molar-refractivity contribution in [2.75, 3.05) is 19.7 Å². The molecule has 0 aliphatic heterocycles. The molecule has 7 heteroatoms. The quantitative estimate of drug-likeness (QED) is 0.352. The molecule has 2 aromatic rings. The van der Waals surface area contributed by atoms with E-state index < -0.39 is 17.5 Å². The molecule has 0 heterocycles. The molecule has 0 spiro atoms. The molecule has 0 saturated heterocycles. The van der Waals surface area contributed by atoms with E-state index in [-0.39, 0.29) is 18.2 Å². The van der Waals surface area contributed by atoms with Gasteiger partial charge in [-0.2, -0.15) is 0 Å². The van der Waals surface area contributed by atoms with Gasteiger partial charge in [0, 0.05) is 25.4 Å². The van der Waals surface area contributed by atoms with Crippen LogP contribution < -0.4 is 10.6 Å². The molecule has 0 unspecified atom stereocenters. The maximum atomic E-state index is 12.2. The molecule has 0 radical (unpaired) electrons. The van der Waals surface area contributed by atoms with Gasteiger partial charge in [-0.1, -0.05) is 61.4 Å². The number of ether oxygens (including phenoxy) is 1. The van der Waals surface area contributed by atoms with Crippen LogP contribution in [0.5, 0.6) is 0 Å². The highest BCUT2D eigenvalue weighted by molar-refractivity contribution is 5.80. The molecule has 36 heavy (non-hydrogen) atoms. The summed E-state index contributed by atoms with van der Waals surface area (Å²) in [6.07, 6.45) is 5.93. The van der Waals surface area contributed by atoms with Gasteiger partial charge in [0.25, 0.3) is 0 Å². The van der Waals surface area contributed by atoms with E-state index in [0.717, 1.165) is 32.1 Å². The van der Waals surface area contributed by atoms with Gasteiger partial charge in [0.1, 0.15) is 6.61 Å². The number of carboxylic acids is 1. The number of carbonyl (C=O) groups excluding carboxylic acids is 2. The Labute approximate surface area is 212 Å². The van der Waals surface area contributed by atoms with Crippen LogP contribution in [0.2, 0.25) is 0 Å². The molecule has 192 valence electrons. The standard InChI is InChI=1S/C29H36N2O5/c32-26(14-17-29(27(33)34)15-6-7-16-29)30-18-8-1-9-19-31-28(35)36-20-25-23-12-4-2-10-21(23)22-11-3-5-13-24(22)25/h2-5,10-13,25H,1,6-9,14-20H2,(H,30,32)(H,31,35)(H,33,34). The Morgan fingerprint density at radius 1 is 0.861 bits per heavy atom. The molecule has 4 rings (SSSR count). The van der Waals surface area contributed by atoms with E-state index in [9.17, 15) is 19.5 Å². The fraction of sp³-hybridized carbons (Fsp3) is 0.483. The molecule has 2 aliphatic carbocycles. The van der Waals surface area contributed by atoms with Gasteiger partial charge in [-0.25, -0.2) is 4.79 Å². The molecule has 1 saturated carbocycles. The molecule has 0 aromatic heterocycles. The van der Waals surface area contributed by atoms with E-state index in [1.165, 1.54) is 22.3 Å². The Balaban J connectivity index is 1.08. The highest BCUT2D eigenvalue weighted by Gasteiger charge is 2.41. The van der Waals surface area contributed by atoms with Crippen LogP contribution >= 0.6 is 0 Å². The largest absolute Gasteiger partial charge is 0.481 e. The van der Waals surface area contributed by atoms with Crippen molar-refractivity contribution < 1.29 is 24.2 Å². The number of aliphatic carboxylic acids is 1. The van der Waals surface area contributed by atoms with Gasteiger partial charge in [0.2, 0.25) is 5.91 Å². The summed E-state index contributed by atoms with van der Waals surface area (Å²) in [5, 5.41) is 15.2. The zero-order valence-electron chi connectivity index (χ0n) is 20.8. The minimum Gasteiger partial charge on any atom is -0.481 e. The van der Waals surface area contributed by atoms with Crippen molar-refractivity contribution >= 4 is 18.0 Å². The van der Waals surface area contributed by atoms with E-state index in [2.05, 4.69) is 34.9 Å². The third-order valence-electron chi connectivity index (χ3n) is 7.63. The summed E-state index contributed by atoms with van der Waals surface area (Å²) in [5.41, 5.74) is 4.08. The second kappa shape index (κ2) is 12.1. The topological polar surface area (TPSA) is 105 Å². The van der Waals surface area contributed by atoms with Crippen LogP contribution in [0, 0.1) is 5.41 Å². The van der Waals surface area contributed by atoms with Crippen molar-refractivity contribution in [3.05, 3.63) is 59.7 Å². The van der Waals surface area contributed by atoms with Gasteiger partial charge in [-0.3, -0.25) is 9.59 Å². The predicted molar refractivity (Wildman–Crippen MR) is 138 cm³/mol. The Morgan fingerprint density at radius 3 is 2.06 bits per heavy atom. The van der Waals surface area contributed by atoms with E-state index >= 15 is 0 Å². The molecule has 0 atom stereocenters. The monoisotopic (exact) mass is 492 g/mol. The molecule has 0 bridgehead atoms. The van der Waals surface area contributed by atoms with Gasteiger partial charge in [0.15, 0.2) is 0 Å². The average molecular weight is 493 g/mol. The Morgan fingerprint density at radius 2 is 1.44 bits per heavy atom. The summed E-state index contributed by atoms with van der Waals surface area (Å²) in [7, 11) is 0. The van der Waals surface area contributed by atoms with Crippen LogP contribution in [-0.2, 0) is 14.3 Å². The number of rotatable bonds is 12. The number of alkyl carbamates (subject to hydrolysis) is 1. The van der Waals surface area contributed by atoms with Crippen molar-refractivity contribution in [1.82, 2.24) is 10.6 Å². The van der Waals surface area contributed by atoms with Crippen molar-refractivity contribution in [2.24, 2.45) is 5.41 Å². The normalized spacial score (nSPS) is 15.7. The number of fused-ring (bicyclic) bond motifs is 3. The molecular formula is C29H36N2O5. The fourth-order valence-electron chi connectivity index (χ4n) is 5.56. The van der Waals surface area contributed by atoms with Crippen molar-refractivity contribution in [3.8, 4) is 11.1 Å². The fourth-order valence-corrected chi connectivity index (χ4v) is 5.56. The molecule has 2 aromatic carbocycles. The number of hydrogen-bond acceptors (Lipinski definition) is 4. The summed E-state index contributed by atoms with van der Waals surface area (Å²) in [4.78, 5) is 35.9. The zero-order chi connectivity index (χ0) is 25.4. The first-order valence-electron chi connectivity index (χ1n) is 13.1. The minimum absolute atomic E-state index is 0.0470. The highest BCUT2D eigenvalue weighted by Crippen LogP contribution is 2.44. The van der Waals surface area contributed by atoms with Gasteiger partial charge in [0.05, 0.1) is 5.41 Å². The van der Waals surface area contributed by atoms with Crippen molar-refractivity contribution in [1.29, 1.82) is 0 Å². The van der Waals surface area contributed by atoms with Crippen molar-refractivity contribution in [2.45, 2.75) is 63.7 Å². The van der Waals surface area contributed by atoms with Gasteiger partial charge < -0.3 is 20.5 Å². The molecule has 7 nitrogen and oxygen atoms in total. The molecule has 1 fully saturated rings. The Hall–Kier alpha value is -3.35. The number of carboxylic acid groups (broad SMARTS) is 1. The van der Waals surface area contributed by atoms with Crippen LogP contribution in [0.3, 0.4) is 0 Å². The van der Waals surface area contributed by atoms with Crippen LogP contribution in [0.25, 0.3) is 11.1 Å². The zero-order valence-corrected chi connectivity index (χ0v) is 20.8. The van der Waals surface area contributed by atoms with Crippen LogP contribution in [0.4, 0.5) is 4.79 Å². The maximum absolute atomic E-state index is 12.2. The number of amides is 2. The summed E-state index contributed by atoms with van der Waals surface area (Å²) in [5.74, 6) is -0.804. The lowest BCUT2D eigenvalue weighted by atomic mass is 9.81. The SMILES string of the molecule is O=C(CCC1(C(=O)O)CCCC1)NCCCCCNC(=O)OCC1c2ccccc2-c2ccccc21.